The average Bonchev–Trinajstić information content (AvgIpc) is 2.39. The zero-order valence-electron chi connectivity index (χ0n) is 11.9. The quantitative estimate of drug-likeness (QED) is 0.825. The van der Waals surface area contributed by atoms with Crippen molar-refractivity contribution in [1.82, 2.24) is 5.32 Å². The van der Waals surface area contributed by atoms with Gasteiger partial charge < -0.3 is 10.1 Å². The molecule has 0 heterocycles. The number of aryl methyl sites for hydroxylation is 1. The minimum absolute atomic E-state index is 0.149. The van der Waals surface area contributed by atoms with Gasteiger partial charge in [-0.05, 0) is 18.1 Å². The molecule has 1 N–H and O–H groups in total. The number of methoxy groups -OCH3 is 1. The molecule has 1 rings (SSSR count). The van der Waals surface area contributed by atoms with E-state index in [1.54, 1.807) is 13.8 Å². The smallest absolute Gasteiger partial charge is 0.328 e. The molecule has 1 aromatic carbocycles. The molecule has 104 valence electrons. The number of hydrogen-bond acceptors (Lipinski definition) is 3. The number of hydrogen-bond donors (Lipinski definition) is 1. The third kappa shape index (κ3) is 4.39. The fourth-order valence-electron chi connectivity index (χ4n) is 1.73. The van der Waals surface area contributed by atoms with E-state index in [0.717, 1.165) is 11.1 Å². The molecule has 0 aliphatic heterocycles. The van der Waals surface area contributed by atoms with Crippen molar-refractivity contribution in [2.45, 2.75) is 33.2 Å². The van der Waals surface area contributed by atoms with Gasteiger partial charge in [-0.1, -0.05) is 38.1 Å². The first kappa shape index (κ1) is 15.2. The van der Waals surface area contributed by atoms with Crippen molar-refractivity contribution in [2.24, 2.45) is 5.92 Å². The summed E-state index contributed by atoms with van der Waals surface area (Å²) in [6.45, 7) is 5.56. The summed E-state index contributed by atoms with van der Waals surface area (Å²) in [5, 5.41) is 2.73. The molecule has 0 bridgehead atoms. The number of carbonyl (C=O) groups is 2. The first-order valence-corrected chi connectivity index (χ1v) is 6.38. The topological polar surface area (TPSA) is 55.4 Å². The van der Waals surface area contributed by atoms with Crippen LogP contribution in [0.15, 0.2) is 24.3 Å². The summed E-state index contributed by atoms with van der Waals surface area (Å²) in [4.78, 5) is 23.5. The maximum absolute atomic E-state index is 11.7. The number of amides is 1. The number of ether oxygens (including phenoxy) is 1. The summed E-state index contributed by atoms with van der Waals surface area (Å²) < 4.78 is 4.75. The van der Waals surface area contributed by atoms with Gasteiger partial charge in [-0.25, -0.2) is 4.79 Å². The summed E-state index contributed by atoms with van der Waals surface area (Å²) in [5.74, 6) is -0.731. The summed E-state index contributed by atoms with van der Waals surface area (Å²) in [6, 6.07) is 7.15. The van der Waals surface area contributed by atoms with Gasteiger partial charge in [-0.2, -0.15) is 0 Å². The number of esters is 1. The lowest BCUT2D eigenvalue weighted by molar-refractivity contribution is -0.145. The Kier molecular flexibility index (Phi) is 5.55. The first-order valence-electron chi connectivity index (χ1n) is 6.38. The summed E-state index contributed by atoms with van der Waals surface area (Å²) >= 11 is 0. The molecule has 4 heteroatoms. The molecule has 0 aliphatic carbocycles. The Morgan fingerprint density at radius 2 is 1.89 bits per heavy atom. The molecule has 0 saturated heterocycles. The molecule has 0 unspecified atom stereocenters. The third-order valence-electron chi connectivity index (χ3n) is 3.01. The van der Waals surface area contributed by atoms with Crippen LogP contribution in [0.4, 0.5) is 0 Å². The lowest BCUT2D eigenvalue weighted by atomic mass is 10.0. The second-order valence-corrected chi connectivity index (χ2v) is 4.87. The fraction of sp³-hybridized carbons (Fsp3) is 0.467. The minimum atomic E-state index is -0.638. The van der Waals surface area contributed by atoms with E-state index in [0.29, 0.717) is 6.42 Å². The molecule has 1 atom stereocenters. The second-order valence-electron chi connectivity index (χ2n) is 4.87. The second kappa shape index (κ2) is 6.92. The lowest BCUT2D eigenvalue weighted by Gasteiger charge is -2.18. The molecule has 0 aliphatic rings. The molecule has 1 aromatic rings. The van der Waals surface area contributed by atoms with Crippen LogP contribution in [0.1, 0.15) is 25.0 Å². The molecular formula is C15H21NO3. The first-order chi connectivity index (χ1) is 8.95. The minimum Gasteiger partial charge on any atom is -0.467 e. The monoisotopic (exact) mass is 263 g/mol. The van der Waals surface area contributed by atoms with Crippen LogP contribution in [0.3, 0.4) is 0 Å². The van der Waals surface area contributed by atoms with E-state index >= 15 is 0 Å². The Labute approximate surface area is 114 Å². The van der Waals surface area contributed by atoms with Gasteiger partial charge in [-0.3, -0.25) is 4.79 Å². The number of carbonyl (C=O) groups excluding carboxylic acids is 2. The third-order valence-corrected chi connectivity index (χ3v) is 3.01. The Morgan fingerprint density at radius 3 is 2.42 bits per heavy atom. The van der Waals surface area contributed by atoms with Crippen LogP contribution in [0.5, 0.6) is 0 Å². The van der Waals surface area contributed by atoms with Gasteiger partial charge in [0.25, 0.3) is 0 Å². The summed E-state index contributed by atoms with van der Waals surface area (Å²) in [5.41, 5.74) is 2.12. The fourth-order valence-corrected chi connectivity index (χ4v) is 1.73. The molecule has 0 saturated carbocycles. The molecule has 1 amide bonds. The highest BCUT2D eigenvalue weighted by molar-refractivity contribution is 5.85. The zero-order valence-corrected chi connectivity index (χ0v) is 11.9. The molecule has 0 radical (unpaired) electrons. The molecule has 19 heavy (non-hydrogen) atoms. The largest absolute Gasteiger partial charge is 0.467 e. The van der Waals surface area contributed by atoms with Crippen molar-refractivity contribution in [1.29, 1.82) is 0 Å². The van der Waals surface area contributed by atoms with Crippen molar-refractivity contribution in [3.63, 3.8) is 0 Å². The van der Waals surface area contributed by atoms with Crippen molar-refractivity contribution < 1.29 is 14.3 Å². The maximum atomic E-state index is 11.7. The standard InChI is InChI=1S/C15H21NO3/c1-10(2)14(17)16-13(15(18)19-4)9-12-8-6-5-7-11(12)3/h5-8,10,13H,9H2,1-4H3,(H,16,17)/t13-/m1/s1. The highest BCUT2D eigenvalue weighted by Gasteiger charge is 2.23. The molecule has 0 spiro atoms. The van der Waals surface area contributed by atoms with Crippen molar-refractivity contribution >= 4 is 11.9 Å². The zero-order chi connectivity index (χ0) is 14.4. The highest BCUT2D eigenvalue weighted by Crippen LogP contribution is 2.11. The predicted octanol–water partition coefficient (Wildman–Crippen LogP) is 1.85. The van der Waals surface area contributed by atoms with Gasteiger partial charge in [0.2, 0.25) is 5.91 Å². The SMILES string of the molecule is COC(=O)[C@@H](Cc1ccccc1C)NC(=O)C(C)C. The Balaban J connectivity index is 2.84. The van der Waals surface area contributed by atoms with Crippen LogP contribution in [0.2, 0.25) is 0 Å². The molecular weight excluding hydrogens is 242 g/mol. The lowest BCUT2D eigenvalue weighted by Crippen LogP contribution is -2.44. The molecule has 0 fully saturated rings. The summed E-state index contributed by atoms with van der Waals surface area (Å²) in [6.07, 6.45) is 0.442. The van der Waals surface area contributed by atoms with Gasteiger partial charge >= 0.3 is 5.97 Å². The van der Waals surface area contributed by atoms with Crippen LogP contribution in [0, 0.1) is 12.8 Å². The number of benzene rings is 1. The molecule has 0 aromatic heterocycles. The van der Waals surface area contributed by atoms with Gasteiger partial charge in [0.05, 0.1) is 7.11 Å². The number of rotatable bonds is 5. The van der Waals surface area contributed by atoms with E-state index in [9.17, 15) is 9.59 Å². The van der Waals surface area contributed by atoms with Gasteiger partial charge in [0.15, 0.2) is 0 Å². The van der Waals surface area contributed by atoms with Gasteiger partial charge in [-0.15, -0.1) is 0 Å². The Bertz CT molecular complexity index is 454. The van der Waals surface area contributed by atoms with Crippen LogP contribution in [0.25, 0.3) is 0 Å². The molecule has 4 nitrogen and oxygen atoms in total. The Morgan fingerprint density at radius 1 is 1.26 bits per heavy atom. The van der Waals surface area contributed by atoms with Gasteiger partial charge in [0.1, 0.15) is 6.04 Å². The van der Waals surface area contributed by atoms with Crippen molar-refractivity contribution in [3.05, 3.63) is 35.4 Å². The summed E-state index contributed by atoms with van der Waals surface area (Å²) in [7, 11) is 1.33. The van der Waals surface area contributed by atoms with Crippen LogP contribution in [-0.4, -0.2) is 25.0 Å². The van der Waals surface area contributed by atoms with Crippen LogP contribution >= 0.6 is 0 Å². The van der Waals surface area contributed by atoms with E-state index in [4.69, 9.17) is 4.74 Å². The van der Waals surface area contributed by atoms with E-state index in [1.165, 1.54) is 7.11 Å². The maximum Gasteiger partial charge on any atom is 0.328 e. The number of nitrogens with one attached hydrogen (secondary N) is 1. The van der Waals surface area contributed by atoms with E-state index in [1.807, 2.05) is 31.2 Å². The van der Waals surface area contributed by atoms with Crippen LogP contribution in [-0.2, 0) is 20.7 Å². The van der Waals surface area contributed by atoms with Gasteiger partial charge in [0, 0.05) is 12.3 Å². The van der Waals surface area contributed by atoms with E-state index in [-0.39, 0.29) is 11.8 Å². The Hall–Kier alpha value is -1.84. The van der Waals surface area contributed by atoms with E-state index in [2.05, 4.69) is 5.32 Å². The van der Waals surface area contributed by atoms with E-state index < -0.39 is 12.0 Å². The highest BCUT2D eigenvalue weighted by atomic mass is 16.5. The predicted molar refractivity (Wildman–Crippen MR) is 73.7 cm³/mol. The van der Waals surface area contributed by atoms with Crippen molar-refractivity contribution in [3.8, 4) is 0 Å². The average molecular weight is 263 g/mol. The van der Waals surface area contributed by atoms with Crippen LogP contribution < -0.4 is 5.32 Å². The normalized spacial score (nSPS) is 12.1. The van der Waals surface area contributed by atoms with Crippen molar-refractivity contribution in [2.75, 3.05) is 7.11 Å².